The summed E-state index contributed by atoms with van der Waals surface area (Å²) in [4.78, 5) is 10.3. The van der Waals surface area contributed by atoms with Crippen LogP contribution in [-0.2, 0) is 0 Å². The van der Waals surface area contributed by atoms with Gasteiger partial charge in [-0.05, 0) is 36.6 Å². The van der Waals surface area contributed by atoms with Gasteiger partial charge >= 0.3 is 10.8 Å². The van der Waals surface area contributed by atoms with Crippen molar-refractivity contribution < 1.29 is 19.6 Å². The van der Waals surface area contributed by atoms with Crippen LogP contribution in [0.2, 0.25) is 5.15 Å². The molecule has 6 nitrogen and oxygen atoms in total. The maximum absolute atomic E-state index is 11.0. The molecule has 0 fully saturated rings. The van der Waals surface area contributed by atoms with Crippen molar-refractivity contribution in [3.05, 3.63) is 63.7 Å². The van der Waals surface area contributed by atoms with E-state index >= 15 is 0 Å². The number of halogens is 1. The van der Waals surface area contributed by atoms with E-state index in [1.54, 1.807) is 19.9 Å². The Labute approximate surface area is 121 Å². The molecule has 1 aromatic rings. The van der Waals surface area contributed by atoms with Crippen molar-refractivity contribution in [2.75, 3.05) is 0 Å². The highest BCUT2D eigenvalue weighted by atomic mass is 35.5. The van der Waals surface area contributed by atoms with E-state index < -0.39 is 4.92 Å². The highest BCUT2D eigenvalue weighted by Crippen LogP contribution is 2.30. The van der Waals surface area contributed by atoms with Gasteiger partial charge in [-0.15, -0.1) is 0 Å². The number of rotatable bonds is 5. The normalized spacial score (nSPS) is 11.6. The van der Waals surface area contributed by atoms with Crippen LogP contribution >= 0.6 is 11.6 Å². The van der Waals surface area contributed by atoms with Crippen LogP contribution in [0.3, 0.4) is 0 Å². The number of nitro groups is 1. The SMILES string of the molecule is C=C/C(C)=C(/Oc1c[n+](O)c(Cl)cc1[N+](=O)[O-])C(=C)C. The Hall–Kier alpha value is -2.34. The number of allylic oxidation sites excluding steroid dienone is 3. The molecule has 0 aliphatic heterocycles. The molecule has 1 rings (SSSR count). The summed E-state index contributed by atoms with van der Waals surface area (Å²) in [6, 6.07) is 0.996. The highest BCUT2D eigenvalue weighted by Gasteiger charge is 2.26. The molecule has 0 amide bonds. The first-order valence-electron chi connectivity index (χ1n) is 5.53. The summed E-state index contributed by atoms with van der Waals surface area (Å²) >= 11 is 5.63. The number of hydrogen-bond donors (Lipinski definition) is 1. The smallest absolute Gasteiger partial charge is 0.332 e. The van der Waals surface area contributed by atoms with Gasteiger partial charge in [0.2, 0.25) is 0 Å². The van der Waals surface area contributed by atoms with E-state index in [1.165, 1.54) is 0 Å². The summed E-state index contributed by atoms with van der Waals surface area (Å²) in [5, 5.41) is 20.3. The van der Waals surface area contributed by atoms with E-state index in [9.17, 15) is 15.3 Å². The zero-order valence-electron chi connectivity index (χ0n) is 11.1. The van der Waals surface area contributed by atoms with E-state index in [0.717, 1.165) is 12.3 Å². The Kier molecular flexibility index (Phi) is 4.88. The van der Waals surface area contributed by atoms with Crippen LogP contribution < -0.4 is 9.47 Å². The molecular weight excluding hydrogens is 284 g/mol. The lowest BCUT2D eigenvalue weighted by Gasteiger charge is -2.10. The lowest BCUT2D eigenvalue weighted by Crippen LogP contribution is -2.31. The van der Waals surface area contributed by atoms with E-state index in [4.69, 9.17) is 16.3 Å². The van der Waals surface area contributed by atoms with E-state index in [1.807, 2.05) is 0 Å². The Morgan fingerprint density at radius 3 is 2.65 bits per heavy atom. The molecule has 0 aliphatic carbocycles. The summed E-state index contributed by atoms with van der Waals surface area (Å²) in [6.07, 6.45) is 2.55. The zero-order valence-corrected chi connectivity index (χ0v) is 11.8. The summed E-state index contributed by atoms with van der Waals surface area (Å²) in [6.45, 7) is 10.8. The zero-order chi connectivity index (χ0) is 15.4. The van der Waals surface area contributed by atoms with Crippen molar-refractivity contribution in [3.63, 3.8) is 0 Å². The molecule has 0 aliphatic rings. The van der Waals surface area contributed by atoms with Gasteiger partial charge in [0.25, 0.3) is 11.9 Å². The second kappa shape index (κ2) is 6.21. The average Bonchev–Trinajstić information content (AvgIpc) is 2.37. The van der Waals surface area contributed by atoms with Gasteiger partial charge in [0.15, 0.2) is 0 Å². The first-order valence-corrected chi connectivity index (χ1v) is 5.91. The van der Waals surface area contributed by atoms with Gasteiger partial charge in [0, 0.05) is 4.73 Å². The van der Waals surface area contributed by atoms with Crippen LogP contribution in [-0.4, -0.2) is 10.1 Å². The molecule has 0 bridgehead atoms. The predicted molar refractivity (Wildman–Crippen MR) is 73.8 cm³/mol. The standard InChI is InChI=1S/C13H14ClN2O4/c1-5-9(4)13(8(2)3)20-11-7-15(17)12(14)6-10(11)16(18)19/h5-7,17H,1-2H2,3-4H3/q+1/b13-9+. The molecule has 1 N–H and O–H groups in total. The molecule has 1 aromatic heterocycles. The third-order valence-corrected chi connectivity index (χ3v) is 2.71. The van der Waals surface area contributed by atoms with Crippen LogP contribution in [0.4, 0.5) is 5.69 Å². The minimum absolute atomic E-state index is 0.152. The summed E-state index contributed by atoms with van der Waals surface area (Å²) in [5.41, 5.74) is 0.860. The molecule has 106 valence electrons. The third-order valence-electron chi connectivity index (χ3n) is 2.43. The van der Waals surface area contributed by atoms with Gasteiger partial charge in [0.1, 0.15) is 11.8 Å². The summed E-state index contributed by atoms with van der Waals surface area (Å²) in [5.74, 6) is 0.187. The van der Waals surface area contributed by atoms with E-state index in [2.05, 4.69) is 13.2 Å². The Morgan fingerprint density at radius 1 is 1.60 bits per heavy atom. The average molecular weight is 298 g/mol. The number of ether oxygens (including phenoxy) is 1. The number of pyridine rings is 1. The van der Waals surface area contributed by atoms with Gasteiger partial charge in [-0.2, -0.15) is 0 Å². The third kappa shape index (κ3) is 3.36. The lowest BCUT2D eigenvalue weighted by molar-refractivity contribution is -0.903. The van der Waals surface area contributed by atoms with Crippen LogP contribution in [0.15, 0.2) is 48.4 Å². The molecular formula is C13H14ClN2O4+. The fraction of sp³-hybridized carbons (Fsp3) is 0.154. The Bertz CT molecular complexity index is 623. The van der Waals surface area contributed by atoms with Crippen LogP contribution in [0, 0.1) is 10.1 Å². The summed E-state index contributed by atoms with van der Waals surface area (Å²) in [7, 11) is 0. The lowest BCUT2D eigenvalue weighted by atomic mass is 10.1. The van der Waals surface area contributed by atoms with Gasteiger partial charge in [0.05, 0.1) is 4.92 Å². The first-order chi connectivity index (χ1) is 9.27. The molecule has 0 saturated heterocycles. The maximum atomic E-state index is 11.0. The molecule has 0 spiro atoms. The molecule has 0 aromatic carbocycles. The largest absolute Gasteiger partial charge is 0.444 e. The minimum Gasteiger partial charge on any atom is -0.444 e. The van der Waals surface area contributed by atoms with Gasteiger partial charge < -0.3 is 4.74 Å². The van der Waals surface area contributed by atoms with Crippen LogP contribution in [0.25, 0.3) is 0 Å². The number of nitrogens with zero attached hydrogens (tertiary/aromatic N) is 2. The van der Waals surface area contributed by atoms with Crippen molar-refractivity contribution in [2.45, 2.75) is 13.8 Å². The molecule has 0 radical (unpaired) electrons. The van der Waals surface area contributed by atoms with Gasteiger partial charge in [-0.3, -0.25) is 15.3 Å². The molecule has 1 heterocycles. The molecule has 7 heteroatoms. The fourth-order valence-electron chi connectivity index (χ4n) is 1.42. The minimum atomic E-state index is -0.652. The molecule has 20 heavy (non-hydrogen) atoms. The second-order valence-corrected chi connectivity index (χ2v) is 4.43. The Morgan fingerprint density at radius 2 is 2.20 bits per heavy atom. The number of aromatic nitrogens is 1. The summed E-state index contributed by atoms with van der Waals surface area (Å²) < 4.78 is 6.02. The topological polar surface area (TPSA) is 76.5 Å². The van der Waals surface area contributed by atoms with Crippen LogP contribution in [0.5, 0.6) is 5.75 Å². The Balaban J connectivity index is 3.40. The van der Waals surface area contributed by atoms with E-state index in [0.29, 0.717) is 21.6 Å². The molecule has 0 unspecified atom stereocenters. The van der Waals surface area contributed by atoms with Gasteiger partial charge in [-0.1, -0.05) is 19.2 Å². The van der Waals surface area contributed by atoms with E-state index in [-0.39, 0.29) is 16.6 Å². The second-order valence-electron chi connectivity index (χ2n) is 4.05. The monoisotopic (exact) mass is 297 g/mol. The molecule has 0 saturated carbocycles. The highest BCUT2D eigenvalue weighted by molar-refractivity contribution is 6.28. The van der Waals surface area contributed by atoms with Gasteiger partial charge in [-0.25, -0.2) is 0 Å². The van der Waals surface area contributed by atoms with Crippen molar-refractivity contribution in [1.29, 1.82) is 0 Å². The fourth-order valence-corrected chi connectivity index (χ4v) is 1.57. The number of hydrogen-bond acceptors (Lipinski definition) is 4. The first kappa shape index (κ1) is 15.7. The van der Waals surface area contributed by atoms with Crippen molar-refractivity contribution in [3.8, 4) is 5.75 Å². The maximum Gasteiger partial charge on any atom is 0.332 e. The van der Waals surface area contributed by atoms with Crippen molar-refractivity contribution >= 4 is 17.3 Å². The predicted octanol–water partition coefficient (Wildman–Crippen LogP) is 3.19. The van der Waals surface area contributed by atoms with Crippen molar-refractivity contribution in [2.24, 2.45) is 0 Å². The molecule has 0 atom stereocenters. The van der Waals surface area contributed by atoms with Crippen LogP contribution in [0.1, 0.15) is 13.8 Å². The van der Waals surface area contributed by atoms with Crippen molar-refractivity contribution in [1.82, 2.24) is 0 Å². The quantitative estimate of drug-likeness (QED) is 0.172.